The van der Waals surface area contributed by atoms with Gasteiger partial charge in [0.15, 0.2) is 10.7 Å². The van der Waals surface area contributed by atoms with Gasteiger partial charge in [0, 0.05) is 13.1 Å². The molecule has 0 aromatic rings. The maximum absolute atomic E-state index is 10.7. The van der Waals surface area contributed by atoms with Gasteiger partial charge in [-0.25, -0.2) is 13.2 Å². The third-order valence-electron chi connectivity index (χ3n) is 3.39. The topological polar surface area (TPSA) is 83.9 Å². The molecule has 1 amide bonds. The molecule has 2 aliphatic rings. The number of hydrogen-bond acceptors (Lipinski definition) is 4. The molecule has 0 unspecified atom stereocenters. The third kappa shape index (κ3) is 2.46. The fraction of sp³-hybridized carbons (Fsp3) is 0.889. The molecular formula is C9H15NO5S. The molecule has 6 nitrogen and oxygen atoms in total. The minimum absolute atomic E-state index is 0.0150. The van der Waals surface area contributed by atoms with Crippen LogP contribution in [0.2, 0.25) is 0 Å². The Bertz CT molecular complexity index is 334. The van der Waals surface area contributed by atoms with E-state index in [9.17, 15) is 13.2 Å². The van der Waals surface area contributed by atoms with Gasteiger partial charge in [-0.3, -0.25) is 0 Å². The number of likely N-dealkylation sites (tertiary alicyclic amines) is 1. The summed E-state index contributed by atoms with van der Waals surface area (Å²) in [6.07, 6.45) is 0.670. The van der Waals surface area contributed by atoms with E-state index in [1.54, 1.807) is 0 Å². The summed E-state index contributed by atoms with van der Waals surface area (Å²) < 4.78 is 26.0. The average molecular weight is 249 g/mol. The molecule has 1 heterocycles. The van der Waals surface area contributed by atoms with Gasteiger partial charge in [-0.05, 0) is 24.7 Å². The van der Waals surface area contributed by atoms with Crippen LogP contribution in [0, 0.1) is 11.8 Å². The second kappa shape index (κ2) is 4.58. The molecule has 0 aromatic carbocycles. The first-order chi connectivity index (χ1) is 7.56. The summed E-state index contributed by atoms with van der Waals surface area (Å²) >= 11 is 0. The number of nitrogens with zero attached hydrogens (tertiary/aromatic N) is 1. The van der Waals surface area contributed by atoms with Crippen molar-refractivity contribution in [2.24, 2.45) is 11.8 Å². The van der Waals surface area contributed by atoms with Crippen LogP contribution in [0.1, 0.15) is 12.8 Å². The predicted molar refractivity (Wildman–Crippen MR) is 55.9 cm³/mol. The van der Waals surface area contributed by atoms with Crippen molar-refractivity contribution in [2.75, 3.05) is 19.0 Å². The molecule has 1 saturated carbocycles. The van der Waals surface area contributed by atoms with E-state index in [1.807, 2.05) is 0 Å². The summed E-state index contributed by atoms with van der Waals surface area (Å²) in [5.41, 5.74) is 0. The van der Waals surface area contributed by atoms with Gasteiger partial charge in [0.1, 0.15) is 5.94 Å². The zero-order valence-electron chi connectivity index (χ0n) is 8.74. The molecule has 0 aromatic heterocycles. The zero-order valence-corrected chi connectivity index (χ0v) is 9.64. The van der Waals surface area contributed by atoms with E-state index in [-0.39, 0.29) is 12.0 Å². The minimum atomic E-state index is -2.48. The molecule has 92 valence electrons. The summed E-state index contributed by atoms with van der Waals surface area (Å²) in [6, 6.07) is 0. The maximum Gasteiger partial charge on any atom is 0.407 e. The van der Waals surface area contributed by atoms with E-state index < -0.39 is 16.8 Å². The Morgan fingerprint density at radius 1 is 1.31 bits per heavy atom. The molecule has 1 saturated heterocycles. The molecule has 0 bridgehead atoms. The van der Waals surface area contributed by atoms with Gasteiger partial charge in [0.25, 0.3) is 0 Å². The lowest BCUT2D eigenvalue weighted by Gasteiger charge is -2.15. The number of fused-ring (bicyclic) bond motifs is 1. The van der Waals surface area contributed by atoms with E-state index in [4.69, 9.17) is 9.84 Å². The Labute approximate surface area is 95.1 Å². The lowest BCUT2D eigenvalue weighted by molar-refractivity contribution is 0.0815. The van der Waals surface area contributed by atoms with Crippen molar-refractivity contribution in [2.45, 2.75) is 18.9 Å². The van der Waals surface area contributed by atoms with Crippen molar-refractivity contribution in [3.8, 4) is 0 Å². The average Bonchev–Trinajstić information content (AvgIpc) is 2.70. The van der Waals surface area contributed by atoms with Crippen LogP contribution in [-0.2, 0) is 15.4 Å². The van der Waals surface area contributed by atoms with E-state index >= 15 is 0 Å². The van der Waals surface area contributed by atoms with E-state index in [1.165, 1.54) is 4.90 Å². The smallest absolute Gasteiger partial charge is 0.407 e. The third-order valence-corrected chi connectivity index (χ3v) is 3.75. The molecule has 1 aliphatic heterocycles. The standard InChI is InChI=1S/C9H15NO5S/c11-9(12)10-3-6-1-8(2-7(6)4-10)15-5-16(13)14/h6-8,16H,1-5H2,(H,11,12)/t6-,7+,8-. The predicted octanol–water partition coefficient (Wildman–Crippen LogP) is -0.0397. The largest absolute Gasteiger partial charge is 0.465 e. The van der Waals surface area contributed by atoms with Crippen molar-refractivity contribution in [3.63, 3.8) is 0 Å². The van der Waals surface area contributed by atoms with Crippen LogP contribution >= 0.6 is 0 Å². The van der Waals surface area contributed by atoms with Crippen molar-refractivity contribution in [1.29, 1.82) is 0 Å². The van der Waals surface area contributed by atoms with Crippen molar-refractivity contribution >= 4 is 16.8 Å². The van der Waals surface area contributed by atoms with Gasteiger partial charge in [-0.1, -0.05) is 0 Å². The Morgan fingerprint density at radius 2 is 1.88 bits per heavy atom. The molecule has 2 fully saturated rings. The van der Waals surface area contributed by atoms with Gasteiger partial charge < -0.3 is 14.7 Å². The fourth-order valence-corrected chi connectivity index (χ4v) is 3.04. The summed E-state index contributed by atoms with van der Waals surface area (Å²) in [7, 11) is -2.48. The summed E-state index contributed by atoms with van der Waals surface area (Å²) in [5, 5.41) is 8.83. The number of amides is 1. The van der Waals surface area contributed by atoms with Crippen LogP contribution in [0.5, 0.6) is 0 Å². The van der Waals surface area contributed by atoms with Crippen molar-refractivity contribution in [1.82, 2.24) is 4.90 Å². The van der Waals surface area contributed by atoms with Crippen LogP contribution in [-0.4, -0.2) is 49.6 Å². The van der Waals surface area contributed by atoms with Gasteiger partial charge in [0.05, 0.1) is 6.10 Å². The van der Waals surface area contributed by atoms with Gasteiger partial charge >= 0.3 is 6.09 Å². The number of ether oxygens (including phenoxy) is 1. The Kier molecular flexibility index (Phi) is 3.34. The molecule has 16 heavy (non-hydrogen) atoms. The first-order valence-electron chi connectivity index (χ1n) is 5.27. The van der Waals surface area contributed by atoms with Gasteiger partial charge in [0.2, 0.25) is 0 Å². The first-order valence-corrected chi connectivity index (χ1v) is 6.64. The highest BCUT2D eigenvalue weighted by Crippen LogP contribution is 2.39. The minimum Gasteiger partial charge on any atom is -0.465 e. The molecule has 1 aliphatic carbocycles. The second-order valence-corrected chi connectivity index (χ2v) is 5.35. The summed E-state index contributed by atoms with van der Waals surface area (Å²) in [5.74, 6) is 0.457. The molecule has 3 atom stereocenters. The summed E-state index contributed by atoms with van der Waals surface area (Å²) in [4.78, 5) is 12.2. The van der Waals surface area contributed by atoms with Crippen LogP contribution in [0.3, 0.4) is 0 Å². The molecule has 1 N–H and O–H groups in total. The lowest BCUT2D eigenvalue weighted by atomic mass is 10.0. The molecule has 2 rings (SSSR count). The van der Waals surface area contributed by atoms with Crippen LogP contribution in [0.4, 0.5) is 4.79 Å². The quantitative estimate of drug-likeness (QED) is 0.686. The van der Waals surface area contributed by atoms with Crippen molar-refractivity contribution in [3.05, 3.63) is 0 Å². The van der Waals surface area contributed by atoms with Crippen LogP contribution < -0.4 is 0 Å². The number of hydrogen-bond donors (Lipinski definition) is 2. The number of thiol groups is 1. The second-order valence-electron chi connectivity index (χ2n) is 4.43. The highest BCUT2D eigenvalue weighted by molar-refractivity contribution is 7.72. The number of carboxylic acid groups (broad SMARTS) is 1. The van der Waals surface area contributed by atoms with Gasteiger partial charge in [-0.2, -0.15) is 0 Å². The highest BCUT2D eigenvalue weighted by Gasteiger charge is 2.42. The van der Waals surface area contributed by atoms with E-state index in [0.29, 0.717) is 24.9 Å². The van der Waals surface area contributed by atoms with Crippen LogP contribution in [0.25, 0.3) is 0 Å². The molecule has 7 heteroatoms. The first kappa shape index (κ1) is 11.7. The maximum atomic E-state index is 10.7. The SMILES string of the molecule is O=C(O)N1C[C@H]2C[C@@H](OC[SH](=O)=O)C[C@H]2C1. The highest BCUT2D eigenvalue weighted by atomic mass is 32.2. The van der Waals surface area contributed by atoms with Gasteiger partial charge in [-0.15, -0.1) is 0 Å². The Morgan fingerprint density at radius 3 is 2.31 bits per heavy atom. The number of carbonyl (C=O) groups is 1. The fourth-order valence-electron chi connectivity index (χ4n) is 2.70. The molecular weight excluding hydrogens is 234 g/mol. The molecule has 0 radical (unpaired) electrons. The van der Waals surface area contributed by atoms with E-state index in [0.717, 1.165) is 12.8 Å². The zero-order chi connectivity index (χ0) is 11.7. The normalized spacial score (nSPS) is 33.3. The monoisotopic (exact) mass is 249 g/mol. The van der Waals surface area contributed by atoms with Crippen molar-refractivity contribution < 1.29 is 23.1 Å². The Balaban J connectivity index is 1.82. The molecule has 0 spiro atoms. The summed E-state index contributed by atoms with van der Waals surface area (Å²) in [6.45, 7) is 1.12. The Hall–Kier alpha value is -0.820. The van der Waals surface area contributed by atoms with E-state index in [2.05, 4.69) is 0 Å². The van der Waals surface area contributed by atoms with Crippen LogP contribution in [0.15, 0.2) is 0 Å². The number of rotatable bonds is 3. The lowest BCUT2D eigenvalue weighted by Crippen LogP contribution is -2.28.